The maximum Gasteiger partial charge on any atom is 0.0308 e. The predicted octanol–water partition coefficient (Wildman–Crippen LogP) is 3.96. The van der Waals surface area contributed by atoms with E-state index in [1.54, 1.807) is 0 Å². The Kier molecular flexibility index (Phi) is 4.80. The summed E-state index contributed by atoms with van der Waals surface area (Å²) in [6.07, 6.45) is 1.99. The van der Waals surface area contributed by atoms with Crippen LogP contribution in [0, 0.1) is 10.5 Å². The molecular weight excluding hydrogens is 297 g/mol. The Labute approximate surface area is 106 Å². The second-order valence-corrected chi connectivity index (χ2v) is 5.16. The fraction of sp³-hybridized carbons (Fsp3) is 0.385. The van der Waals surface area contributed by atoms with Crippen LogP contribution >= 0.6 is 22.6 Å². The van der Waals surface area contributed by atoms with Crippen molar-refractivity contribution in [3.8, 4) is 0 Å². The molecule has 82 valence electrons. The number of hydrogen-bond acceptors (Lipinski definition) is 1. The molecule has 0 saturated carbocycles. The van der Waals surface area contributed by atoms with Gasteiger partial charge in [-0.1, -0.05) is 23.8 Å². The zero-order valence-electron chi connectivity index (χ0n) is 9.39. The zero-order chi connectivity index (χ0) is 11.4. The molecule has 0 heterocycles. The average Bonchev–Trinajstić information content (AvgIpc) is 2.18. The molecule has 0 bridgehead atoms. The standard InChI is InChI=1S/C13H18IN/c1-9(2)7-8-12(15)11-6-4-5-10(3)13(11)14/h4-6,12H,1,7-8,15H2,2-3H3. The molecule has 0 radical (unpaired) electrons. The summed E-state index contributed by atoms with van der Waals surface area (Å²) in [5, 5.41) is 0. The fourth-order valence-corrected chi connectivity index (χ4v) is 2.27. The highest BCUT2D eigenvalue weighted by molar-refractivity contribution is 14.1. The maximum atomic E-state index is 6.17. The molecule has 2 N–H and O–H groups in total. The van der Waals surface area contributed by atoms with Crippen molar-refractivity contribution in [2.45, 2.75) is 32.7 Å². The van der Waals surface area contributed by atoms with E-state index < -0.39 is 0 Å². The highest BCUT2D eigenvalue weighted by Gasteiger charge is 2.10. The highest BCUT2D eigenvalue weighted by atomic mass is 127. The molecule has 15 heavy (non-hydrogen) atoms. The van der Waals surface area contributed by atoms with Crippen molar-refractivity contribution in [2.75, 3.05) is 0 Å². The second-order valence-electron chi connectivity index (χ2n) is 4.08. The topological polar surface area (TPSA) is 26.0 Å². The molecule has 0 saturated heterocycles. The minimum atomic E-state index is 0.133. The average molecular weight is 315 g/mol. The van der Waals surface area contributed by atoms with Crippen LogP contribution < -0.4 is 5.73 Å². The first-order valence-electron chi connectivity index (χ1n) is 5.17. The molecule has 0 amide bonds. The lowest BCUT2D eigenvalue weighted by atomic mass is 9.99. The van der Waals surface area contributed by atoms with Gasteiger partial charge in [-0.3, -0.25) is 0 Å². The molecule has 1 aromatic rings. The van der Waals surface area contributed by atoms with E-state index in [-0.39, 0.29) is 6.04 Å². The Morgan fingerprint density at radius 1 is 1.53 bits per heavy atom. The molecule has 1 aromatic carbocycles. The Morgan fingerprint density at radius 2 is 2.20 bits per heavy atom. The van der Waals surface area contributed by atoms with E-state index in [2.05, 4.69) is 54.3 Å². The maximum absolute atomic E-state index is 6.17. The lowest BCUT2D eigenvalue weighted by Crippen LogP contribution is -2.12. The van der Waals surface area contributed by atoms with Crippen LogP contribution in [0.5, 0.6) is 0 Å². The Balaban J connectivity index is 2.77. The van der Waals surface area contributed by atoms with Gasteiger partial charge >= 0.3 is 0 Å². The van der Waals surface area contributed by atoms with Crippen LogP contribution in [0.15, 0.2) is 30.4 Å². The van der Waals surface area contributed by atoms with E-state index in [1.807, 2.05) is 6.92 Å². The number of hydrogen-bond donors (Lipinski definition) is 1. The van der Waals surface area contributed by atoms with E-state index in [0.717, 1.165) is 12.8 Å². The van der Waals surface area contributed by atoms with Gasteiger partial charge in [0, 0.05) is 9.61 Å². The van der Waals surface area contributed by atoms with Crippen LogP contribution in [-0.4, -0.2) is 0 Å². The molecular formula is C13H18IN. The van der Waals surface area contributed by atoms with Crippen molar-refractivity contribution in [3.63, 3.8) is 0 Å². The predicted molar refractivity (Wildman–Crippen MR) is 74.9 cm³/mol. The zero-order valence-corrected chi connectivity index (χ0v) is 11.5. The van der Waals surface area contributed by atoms with Gasteiger partial charge in [-0.2, -0.15) is 0 Å². The normalized spacial score (nSPS) is 12.5. The lowest BCUT2D eigenvalue weighted by Gasteiger charge is -2.15. The minimum Gasteiger partial charge on any atom is -0.324 e. The third-order valence-electron chi connectivity index (χ3n) is 2.50. The summed E-state index contributed by atoms with van der Waals surface area (Å²) >= 11 is 2.37. The first kappa shape index (κ1) is 12.7. The Hall–Kier alpha value is -0.350. The van der Waals surface area contributed by atoms with Crippen LogP contribution in [0.3, 0.4) is 0 Å². The van der Waals surface area contributed by atoms with E-state index in [0.29, 0.717) is 0 Å². The summed E-state index contributed by atoms with van der Waals surface area (Å²) in [7, 11) is 0. The van der Waals surface area contributed by atoms with Gasteiger partial charge in [0.05, 0.1) is 0 Å². The monoisotopic (exact) mass is 315 g/mol. The molecule has 0 aliphatic rings. The van der Waals surface area contributed by atoms with Crippen LogP contribution in [0.4, 0.5) is 0 Å². The summed E-state index contributed by atoms with van der Waals surface area (Å²) in [6.45, 7) is 8.07. The molecule has 0 aromatic heterocycles. The number of halogens is 1. The second kappa shape index (κ2) is 5.66. The Morgan fingerprint density at radius 3 is 2.80 bits per heavy atom. The molecule has 0 aliphatic carbocycles. The molecule has 0 fully saturated rings. The fourth-order valence-electron chi connectivity index (χ4n) is 1.51. The smallest absolute Gasteiger partial charge is 0.0308 e. The van der Waals surface area contributed by atoms with Gasteiger partial charge in [-0.25, -0.2) is 0 Å². The third kappa shape index (κ3) is 3.61. The van der Waals surface area contributed by atoms with E-state index in [9.17, 15) is 0 Å². The van der Waals surface area contributed by atoms with E-state index in [4.69, 9.17) is 5.73 Å². The molecule has 2 heteroatoms. The molecule has 1 rings (SSSR count). The summed E-state index contributed by atoms with van der Waals surface area (Å²) in [4.78, 5) is 0. The number of aryl methyl sites for hydroxylation is 1. The van der Waals surface area contributed by atoms with Gasteiger partial charge in [0.25, 0.3) is 0 Å². The first-order chi connectivity index (χ1) is 7.02. The largest absolute Gasteiger partial charge is 0.324 e. The van der Waals surface area contributed by atoms with Crippen molar-refractivity contribution < 1.29 is 0 Å². The molecule has 1 nitrogen and oxygen atoms in total. The summed E-state index contributed by atoms with van der Waals surface area (Å²) in [5.74, 6) is 0. The lowest BCUT2D eigenvalue weighted by molar-refractivity contribution is 0.646. The van der Waals surface area contributed by atoms with Gasteiger partial charge in [0.15, 0.2) is 0 Å². The molecule has 1 unspecified atom stereocenters. The molecule has 0 spiro atoms. The van der Waals surface area contributed by atoms with Crippen LogP contribution in [-0.2, 0) is 0 Å². The SMILES string of the molecule is C=C(C)CCC(N)c1cccc(C)c1I. The summed E-state index contributed by atoms with van der Waals surface area (Å²) < 4.78 is 1.30. The highest BCUT2D eigenvalue weighted by Crippen LogP contribution is 2.25. The van der Waals surface area contributed by atoms with Crippen molar-refractivity contribution >= 4 is 22.6 Å². The minimum absolute atomic E-state index is 0.133. The Bertz CT molecular complexity index is 358. The first-order valence-corrected chi connectivity index (χ1v) is 6.25. The van der Waals surface area contributed by atoms with Crippen LogP contribution in [0.25, 0.3) is 0 Å². The van der Waals surface area contributed by atoms with Gasteiger partial charge < -0.3 is 5.73 Å². The summed E-state index contributed by atoms with van der Waals surface area (Å²) in [5.41, 5.74) is 9.93. The van der Waals surface area contributed by atoms with Crippen molar-refractivity contribution in [1.82, 2.24) is 0 Å². The number of nitrogens with two attached hydrogens (primary N) is 1. The number of benzene rings is 1. The molecule has 1 atom stereocenters. The number of rotatable bonds is 4. The third-order valence-corrected chi connectivity index (χ3v) is 3.98. The van der Waals surface area contributed by atoms with Crippen molar-refractivity contribution in [1.29, 1.82) is 0 Å². The van der Waals surface area contributed by atoms with E-state index in [1.165, 1.54) is 20.3 Å². The summed E-state index contributed by atoms with van der Waals surface area (Å²) in [6, 6.07) is 6.45. The van der Waals surface area contributed by atoms with Crippen molar-refractivity contribution in [2.24, 2.45) is 5.73 Å². The van der Waals surface area contributed by atoms with Gasteiger partial charge in [0.2, 0.25) is 0 Å². The van der Waals surface area contributed by atoms with Crippen LogP contribution in [0.2, 0.25) is 0 Å². The van der Waals surface area contributed by atoms with Crippen LogP contribution in [0.1, 0.15) is 36.9 Å². The molecule has 0 aliphatic heterocycles. The van der Waals surface area contributed by atoms with Crippen molar-refractivity contribution in [3.05, 3.63) is 45.0 Å². The number of allylic oxidation sites excluding steroid dienone is 1. The quantitative estimate of drug-likeness (QED) is 0.661. The van der Waals surface area contributed by atoms with Gasteiger partial charge in [-0.05, 0) is 60.4 Å². The van der Waals surface area contributed by atoms with E-state index >= 15 is 0 Å². The van der Waals surface area contributed by atoms with Gasteiger partial charge in [0.1, 0.15) is 0 Å². The van der Waals surface area contributed by atoms with Gasteiger partial charge in [-0.15, -0.1) is 6.58 Å².